The molecule has 6 nitrogen and oxygen atoms in total. The van der Waals surface area contributed by atoms with Crippen LogP contribution in [0, 0.1) is 0 Å². The van der Waals surface area contributed by atoms with E-state index >= 15 is 0 Å². The first-order valence-corrected chi connectivity index (χ1v) is 8.34. The van der Waals surface area contributed by atoms with Crippen LogP contribution in [0.25, 0.3) is 11.4 Å². The van der Waals surface area contributed by atoms with Crippen LogP contribution in [0.1, 0.15) is 16.2 Å². The van der Waals surface area contributed by atoms with Crippen LogP contribution >= 0.6 is 15.9 Å². The molecule has 1 heterocycles. The average Bonchev–Trinajstić information content (AvgIpc) is 3.09. The van der Waals surface area contributed by atoms with E-state index < -0.39 is 0 Å². The Balaban J connectivity index is 1.72. The number of benzene rings is 2. The molecule has 0 aliphatic rings. The molecule has 1 amide bonds. The van der Waals surface area contributed by atoms with Crippen molar-refractivity contribution >= 4 is 21.8 Å². The van der Waals surface area contributed by atoms with E-state index in [-0.39, 0.29) is 12.5 Å². The number of methoxy groups -OCH3 is 1. The van der Waals surface area contributed by atoms with Crippen molar-refractivity contribution in [2.45, 2.75) is 6.54 Å². The van der Waals surface area contributed by atoms with Gasteiger partial charge in [-0.15, -0.1) is 0 Å². The normalized spacial score (nSPS) is 10.5. The third-order valence-corrected chi connectivity index (χ3v) is 4.08. The molecule has 0 saturated carbocycles. The summed E-state index contributed by atoms with van der Waals surface area (Å²) in [6.45, 7) is 0.219. The number of carbonyl (C=O) groups excluding carboxylic acids is 1. The van der Waals surface area contributed by atoms with Gasteiger partial charge < -0.3 is 14.2 Å². The molecule has 128 valence electrons. The molecule has 7 heteroatoms. The molecular formula is C18H16BrN3O3. The van der Waals surface area contributed by atoms with Gasteiger partial charge in [0.15, 0.2) is 0 Å². The first kappa shape index (κ1) is 17.2. The maximum Gasteiger partial charge on any atom is 0.254 e. The van der Waals surface area contributed by atoms with Gasteiger partial charge in [0.05, 0.1) is 13.7 Å². The lowest BCUT2D eigenvalue weighted by molar-refractivity contribution is 0.0769. The lowest BCUT2D eigenvalue weighted by atomic mass is 10.2. The molecule has 1 aromatic heterocycles. The molecular weight excluding hydrogens is 386 g/mol. The van der Waals surface area contributed by atoms with Gasteiger partial charge in [0.2, 0.25) is 11.7 Å². The Morgan fingerprint density at radius 2 is 2.04 bits per heavy atom. The summed E-state index contributed by atoms with van der Waals surface area (Å²) in [6, 6.07) is 14.6. The monoisotopic (exact) mass is 401 g/mol. The number of ether oxygens (including phenoxy) is 1. The quantitative estimate of drug-likeness (QED) is 0.650. The van der Waals surface area contributed by atoms with Gasteiger partial charge in [-0.1, -0.05) is 39.3 Å². The van der Waals surface area contributed by atoms with E-state index in [1.807, 2.05) is 24.3 Å². The predicted octanol–water partition coefficient (Wildman–Crippen LogP) is 3.78. The highest BCUT2D eigenvalue weighted by Gasteiger charge is 2.16. The minimum absolute atomic E-state index is 0.152. The fourth-order valence-corrected chi connectivity index (χ4v) is 2.71. The molecule has 0 saturated heterocycles. The number of rotatable bonds is 5. The van der Waals surface area contributed by atoms with Crippen molar-refractivity contribution in [3.8, 4) is 17.1 Å². The Labute approximate surface area is 153 Å². The minimum Gasteiger partial charge on any atom is -0.497 e. The molecule has 0 atom stereocenters. The van der Waals surface area contributed by atoms with Crippen molar-refractivity contribution in [2.24, 2.45) is 0 Å². The second kappa shape index (κ2) is 7.48. The van der Waals surface area contributed by atoms with Gasteiger partial charge in [-0.2, -0.15) is 4.98 Å². The van der Waals surface area contributed by atoms with E-state index in [2.05, 4.69) is 26.1 Å². The highest BCUT2D eigenvalue weighted by Crippen LogP contribution is 2.21. The number of hydrogen-bond donors (Lipinski definition) is 0. The summed E-state index contributed by atoms with van der Waals surface area (Å²) < 4.78 is 11.3. The van der Waals surface area contributed by atoms with E-state index in [0.29, 0.717) is 23.0 Å². The summed E-state index contributed by atoms with van der Waals surface area (Å²) >= 11 is 3.41. The molecule has 0 spiro atoms. The van der Waals surface area contributed by atoms with Crippen molar-refractivity contribution in [1.82, 2.24) is 15.0 Å². The average molecular weight is 402 g/mol. The van der Waals surface area contributed by atoms with Gasteiger partial charge in [0.25, 0.3) is 5.91 Å². The topological polar surface area (TPSA) is 68.5 Å². The van der Waals surface area contributed by atoms with Crippen LogP contribution in [0.15, 0.2) is 57.5 Å². The molecule has 0 aliphatic carbocycles. The van der Waals surface area contributed by atoms with Gasteiger partial charge in [0, 0.05) is 22.6 Å². The van der Waals surface area contributed by atoms with Crippen molar-refractivity contribution in [3.63, 3.8) is 0 Å². The lowest BCUT2D eigenvalue weighted by Crippen LogP contribution is -2.26. The van der Waals surface area contributed by atoms with E-state index in [1.165, 1.54) is 4.90 Å². The third kappa shape index (κ3) is 4.06. The summed E-state index contributed by atoms with van der Waals surface area (Å²) in [7, 11) is 3.25. The Bertz CT molecular complexity index is 895. The Morgan fingerprint density at radius 3 is 2.80 bits per heavy atom. The smallest absolute Gasteiger partial charge is 0.254 e. The first-order valence-electron chi connectivity index (χ1n) is 7.55. The van der Waals surface area contributed by atoms with Gasteiger partial charge >= 0.3 is 0 Å². The van der Waals surface area contributed by atoms with Crippen LogP contribution < -0.4 is 4.74 Å². The fourth-order valence-electron chi connectivity index (χ4n) is 2.32. The van der Waals surface area contributed by atoms with E-state index in [0.717, 1.165) is 10.0 Å². The van der Waals surface area contributed by atoms with Crippen LogP contribution in [0.5, 0.6) is 5.75 Å². The molecule has 0 fully saturated rings. The van der Waals surface area contributed by atoms with Crippen LogP contribution in [0.4, 0.5) is 0 Å². The van der Waals surface area contributed by atoms with Crippen molar-refractivity contribution in [1.29, 1.82) is 0 Å². The third-order valence-electron chi connectivity index (χ3n) is 3.59. The molecule has 0 bridgehead atoms. The zero-order valence-electron chi connectivity index (χ0n) is 13.8. The number of aromatic nitrogens is 2. The van der Waals surface area contributed by atoms with E-state index in [9.17, 15) is 4.79 Å². The molecule has 2 aromatic carbocycles. The number of halogens is 1. The minimum atomic E-state index is -0.152. The second-order valence-electron chi connectivity index (χ2n) is 5.42. The number of amides is 1. The largest absolute Gasteiger partial charge is 0.497 e. The Morgan fingerprint density at radius 1 is 1.24 bits per heavy atom. The summed E-state index contributed by atoms with van der Waals surface area (Å²) in [5.41, 5.74) is 1.37. The number of hydrogen-bond acceptors (Lipinski definition) is 5. The van der Waals surface area contributed by atoms with Gasteiger partial charge in [-0.3, -0.25) is 4.79 Å². The van der Waals surface area contributed by atoms with Gasteiger partial charge in [0.1, 0.15) is 5.75 Å². The number of nitrogens with zero attached hydrogens (tertiary/aromatic N) is 3. The van der Waals surface area contributed by atoms with Crippen LogP contribution in [0.2, 0.25) is 0 Å². The lowest BCUT2D eigenvalue weighted by Gasteiger charge is -2.15. The molecule has 3 rings (SSSR count). The molecule has 0 aliphatic heterocycles. The molecule has 3 aromatic rings. The van der Waals surface area contributed by atoms with Gasteiger partial charge in [-0.25, -0.2) is 0 Å². The molecule has 0 N–H and O–H groups in total. The highest BCUT2D eigenvalue weighted by molar-refractivity contribution is 9.10. The van der Waals surface area contributed by atoms with Crippen molar-refractivity contribution < 1.29 is 14.1 Å². The highest BCUT2D eigenvalue weighted by atomic mass is 79.9. The van der Waals surface area contributed by atoms with Crippen LogP contribution in [-0.4, -0.2) is 35.1 Å². The summed E-state index contributed by atoms with van der Waals surface area (Å²) in [4.78, 5) is 18.4. The molecule has 0 unspecified atom stereocenters. The maximum absolute atomic E-state index is 12.5. The summed E-state index contributed by atoms with van der Waals surface area (Å²) in [6.07, 6.45) is 0. The number of carbonyl (C=O) groups is 1. The van der Waals surface area contributed by atoms with Crippen molar-refractivity contribution in [3.05, 3.63) is 64.5 Å². The zero-order valence-corrected chi connectivity index (χ0v) is 15.4. The molecule has 25 heavy (non-hydrogen) atoms. The Kier molecular flexibility index (Phi) is 5.14. The standard InChI is InChI=1S/C18H16BrN3O3/c1-22(18(23)13-6-4-8-15(10-13)24-2)11-16-20-17(21-25-16)12-5-3-7-14(19)9-12/h3-10H,11H2,1-2H3. The van der Waals surface area contributed by atoms with Gasteiger partial charge in [-0.05, 0) is 30.3 Å². The van der Waals surface area contributed by atoms with Crippen molar-refractivity contribution in [2.75, 3.05) is 14.2 Å². The summed E-state index contributed by atoms with van der Waals surface area (Å²) in [5.74, 6) is 1.34. The van der Waals surface area contributed by atoms with E-state index in [1.54, 1.807) is 38.4 Å². The maximum atomic E-state index is 12.5. The summed E-state index contributed by atoms with van der Waals surface area (Å²) in [5, 5.41) is 3.98. The fraction of sp³-hybridized carbons (Fsp3) is 0.167. The van der Waals surface area contributed by atoms with Crippen LogP contribution in [0.3, 0.4) is 0 Å². The first-order chi connectivity index (χ1) is 12.1. The Hall–Kier alpha value is -2.67. The predicted molar refractivity (Wildman–Crippen MR) is 96.2 cm³/mol. The second-order valence-corrected chi connectivity index (χ2v) is 6.33. The SMILES string of the molecule is COc1cccc(C(=O)N(C)Cc2nc(-c3cccc(Br)c3)no2)c1. The van der Waals surface area contributed by atoms with Crippen LogP contribution in [-0.2, 0) is 6.54 Å². The van der Waals surface area contributed by atoms with E-state index in [4.69, 9.17) is 9.26 Å². The zero-order chi connectivity index (χ0) is 17.8. The molecule has 0 radical (unpaired) electrons.